The summed E-state index contributed by atoms with van der Waals surface area (Å²) in [5.41, 5.74) is -1.07. The van der Waals surface area contributed by atoms with Crippen LogP contribution in [0, 0.1) is 5.41 Å². The molecule has 3 rings (SSSR count). The molecule has 1 nitrogen and oxygen atoms in total. The second-order valence-corrected chi connectivity index (χ2v) is 10.4. The van der Waals surface area contributed by atoms with Crippen LogP contribution in [-0.2, 0) is 0 Å². The van der Waals surface area contributed by atoms with E-state index < -0.39 is 17.2 Å². The lowest BCUT2D eigenvalue weighted by Crippen LogP contribution is -2.31. The molecule has 1 N–H and O–H groups in total. The molecule has 0 saturated heterocycles. The van der Waals surface area contributed by atoms with E-state index in [0.717, 1.165) is 51.4 Å². The van der Waals surface area contributed by atoms with Crippen LogP contribution in [0.5, 0.6) is 0 Å². The molecule has 4 heteroatoms. The van der Waals surface area contributed by atoms with Gasteiger partial charge in [-0.3, -0.25) is 0 Å². The van der Waals surface area contributed by atoms with Crippen LogP contribution in [0.1, 0.15) is 110 Å². The predicted octanol–water partition coefficient (Wildman–Crippen LogP) is 6.87. The van der Waals surface area contributed by atoms with Crippen molar-refractivity contribution in [2.45, 2.75) is 127 Å². The molecule has 0 bridgehead atoms. The summed E-state index contributed by atoms with van der Waals surface area (Å²) in [6.45, 7) is 1.72. The minimum atomic E-state index is -1.06. The highest BCUT2D eigenvalue weighted by Gasteiger charge is 2.42. The quantitative estimate of drug-likeness (QED) is 0.361. The first-order chi connectivity index (χ1) is 11.7. The summed E-state index contributed by atoms with van der Waals surface area (Å²) in [6, 6.07) is 0. The van der Waals surface area contributed by atoms with Gasteiger partial charge in [-0.2, -0.15) is 0 Å². The van der Waals surface area contributed by atoms with Crippen molar-refractivity contribution in [2.75, 3.05) is 0 Å². The van der Waals surface area contributed by atoms with Crippen LogP contribution < -0.4 is 0 Å². The zero-order valence-corrected chi connectivity index (χ0v) is 17.3. The van der Waals surface area contributed by atoms with Gasteiger partial charge in [0.15, 0.2) is 0 Å². The van der Waals surface area contributed by atoms with Crippen molar-refractivity contribution in [3.63, 3.8) is 0 Å². The van der Waals surface area contributed by atoms with Crippen molar-refractivity contribution >= 4 is 9.24 Å². The SMILES string of the molecule is CC1(F)CCCCC2(CCCCC(F)C2)C1.OC1(P)CCCCCC1. The molecule has 4 atom stereocenters. The van der Waals surface area contributed by atoms with E-state index in [2.05, 4.69) is 9.24 Å². The molecule has 1 spiro atoms. The average Bonchev–Trinajstić information content (AvgIpc) is 2.88. The summed E-state index contributed by atoms with van der Waals surface area (Å²) in [6.07, 6.45) is 15.1. The lowest BCUT2D eigenvalue weighted by Gasteiger charge is -2.36. The highest BCUT2D eigenvalue weighted by molar-refractivity contribution is 7.18. The molecule has 0 heterocycles. The summed E-state index contributed by atoms with van der Waals surface area (Å²) >= 11 is 0. The first-order valence-corrected chi connectivity index (χ1v) is 11.1. The van der Waals surface area contributed by atoms with E-state index in [4.69, 9.17) is 0 Å². The fraction of sp³-hybridized carbons (Fsp3) is 1.00. The van der Waals surface area contributed by atoms with Crippen LogP contribution in [0.4, 0.5) is 8.78 Å². The van der Waals surface area contributed by atoms with Crippen LogP contribution in [-0.4, -0.2) is 22.3 Å². The summed E-state index contributed by atoms with van der Waals surface area (Å²) in [5, 5.41) is 9.10. The summed E-state index contributed by atoms with van der Waals surface area (Å²) in [5.74, 6) is 0. The summed E-state index contributed by atoms with van der Waals surface area (Å²) < 4.78 is 28.0. The third kappa shape index (κ3) is 7.79. The molecule has 0 radical (unpaired) electrons. The second-order valence-electron chi connectivity index (χ2n) is 9.36. The molecule has 0 amide bonds. The molecule has 148 valence electrons. The Morgan fingerprint density at radius 3 is 2.00 bits per heavy atom. The number of hydrogen-bond acceptors (Lipinski definition) is 1. The van der Waals surface area contributed by atoms with Crippen molar-refractivity contribution in [3.8, 4) is 0 Å². The second kappa shape index (κ2) is 9.45. The van der Waals surface area contributed by atoms with E-state index in [9.17, 15) is 13.9 Å². The molecule has 3 aliphatic rings. The Hall–Kier alpha value is 0.250. The van der Waals surface area contributed by atoms with Gasteiger partial charge in [0.05, 0.1) is 5.34 Å². The van der Waals surface area contributed by atoms with Crippen LogP contribution in [0.3, 0.4) is 0 Å². The largest absolute Gasteiger partial charge is 0.386 e. The third-order valence-corrected chi connectivity index (χ3v) is 7.07. The van der Waals surface area contributed by atoms with E-state index in [1.165, 1.54) is 25.7 Å². The lowest BCUT2D eigenvalue weighted by molar-refractivity contribution is 0.0668. The summed E-state index contributed by atoms with van der Waals surface area (Å²) in [7, 11) is 2.55. The van der Waals surface area contributed by atoms with Crippen molar-refractivity contribution in [1.29, 1.82) is 0 Å². The number of alkyl halides is 2. The smallest absolute Gasteiger partial charge is 0.108 e. The third-order valence-electron chi connectivity index (χ3n) is 6.50. The lowest BCUT2D eigenvalue weighted by atomic mass is 9.71. The van der Waals surface area contributed by atoms with Crippen LogP contribution in [0.2, 0.25) is 0 Å². The standard InChI is InChI=1S/C14H24F2.C7H15OP/c1-13(16)7-4-5-9-14(11-13)8-3-2-6-12(15)10-14;8-7(9)5-3-1-2-4-6-7/h12H,2-11H2,1H3;8H,1-6,9H2. The van der Waals surface area contributed by atoms with E-state index in [1.807, 2.05) is 0 Å². The molecule has 0 aromatic carbocycles. The van der Waals surface area contributed by atoms with Gasteiger partial charge in [0.1, 0.15) is 11.8 Å². The number of halogens is 2. The van der Waals surface area contributed by atoms with Crippen LogP contribution in [0.15, 0.2) is 0 Å². The maximum atomic E-state index is 14.3. The van der Waals surface area contributed by atoms with Gasteiger partial charge in [-0.25, -0.2) is 8.78 Å². The Labute approximate surface area is 155 Å². The van der Waals surface area contributed by atoms with Gasteiger partial charge in [0.2, 0.25) is 0 Å². The van der Waals surface area contributed by atoms with Gasteiger partial charge in [0.25, 0.3) is 0 Å². The van der Waals surface area contributed by atoms with Gasteiger partial charge in [-0.1, -0.05) is 51.4 Å². The Kier molecular flexibility index (Phi) is 8.14. The van der Waals surface area contributed by atoms with E-state index in [-0.39, 0.29) is 5.41 Å². The fourth-order valence-corrected chi connectivity index (χ4v) is 5.63. The Morgan fingerprint density at radius 2 is 1.36 bits per heavy atom. The molecule has 0 aromatic heterocycles. The van der Waals surface area contributed by atoms with Crippen molar-refractivity contribution in [1.82, 2.24) is 0 Å². The monoisotopic (exact) mass is 376 g/mol. The molecular weight excluding hydrogens is 337 g/mol. The van der Waals surface area contributed by atoms with Crippen LogP contribution >= 0.6 is 9.24 Å². The van der Waals surface area contributed by atoms with Gasteiger partial charge < -0.3 is 5.11 Å². The predicted molar refractivity (Wildman–Crippen MR) is 105 cm³/mol. The van der Waals surface area contributed by atoms with Crippen molar-refractivity contribution in [3.05, 3.63) is 0 Å². The number of hydrogen-bond donors (Lipinski definition) is 1. The maximum absolute atomic E-state index is 14.3. The van der Waals surface area contributed by atoms with Gasteiger partial charge >= 0.3 is 0 Å². The average molecular weight is 377 g/mol. The van der Waals surface area contributed by atoms with Gasteiger partial charge in [-0.05, 0) is 63.7 Å². The number of rotatable bonds is 0. The van der Waals surface area contributed by atoms with E-state index >= 15 is 0 Å². The molecule has 3 aliphatic carbocycles. The topological polar surface area (TPSA) is 20.2 Å². The van der Waals surface area contributed by atoms with Gasteiger partial charge in [-0.15, -0.1) is 9.24 Å². The molecular formula is C21H39F2OP. The number of aliphatic hydroxyl groups is 1. The zero-order valence-electron chi connectivity index (χ0n) is 16.2. The highest BCUT2D eigenvalue weighted by Crippen LogP contribution is 2.50. The molecule has 0 aliphatic heterocycles. The maximum Gasteiger partial charge on any atom is 0.108 e. The normalized spacial score (nSPS) is 39.5. The highest BCUT2D eigenvalue weighted by atomic mass is 31.0. The Bertz CT molecular complexity index is 385. The first kappa shape index (κ1) is 21.5. The van der Waals surface area contributed by atoms with Crippen molar-refractivity contribution in [2.24, 2.45) is 5.41 Å². The zero-order chi connectivity index (χ0) is 18.4. The Morgan fingerprint density at radius 1 is 0.840 bits per heavy atom. The van der Waals surface area contributed by atoms with E-state index in [1.54, 1.807) is 6.92 Å². The first-order valence-electron chi connectivity index (χ1n) is 10.6. The van der Waals surface area contributed by atoms with Crippen molar-refractivity contribution < 1.29 is 13.9 Å². The molecule has 3 fully saturated rings. The molecule has 4 unspecified atom stereocenters. The minimum Gasteiger partial charge on any atom is -0.386 e. The minimum absolute atomic E-state index is 0.0179. The van der Waals surface area contributed by atoms with Gasteiger partial charge in [0, 0.05) is 0 Å². The van der Waals surface area contributed by atoms with Crippen LogP contribution in [0.25, 0.3) is 0 Å². The molecule has 3 saturated carbocycles. The Balaban J connectivity index is 0.000000212. The summed E-state index contributed by atoms with van der Waals surface area (Å²) in [4.78, 5) is 0. The van der Waals surface area contributed by atoms with E-state index in [0.29, 0.717) is 25.7 Å². The molecule has 25 heavy (non-hydrogen) atoms. The fourth-order valence-electron chi connectivity index (χ4n) is 5.22. The molecule has 0 aromatic rings.